The van der Waals surface area contributed by atoms with E-state index >= 15 is 0 Å². The summed E-state index contributed by atoms with van der Waals surface area (Å²) < 4.78 is 21.9. The van der Waals surface area contributed by atoms with Crippen molar-refractivity contribution in [1.29, 1.82) is 0 Å². The first-order valence-corrected chi connectivity index (χ1v) is 10.2. The van der Waals surface area contributed by atoms with E-state index in [2.05, 4.69) is 11.3 Å². The monoisotopic (exact) mass is 326 g/mol. The highest BCUT2D eigenvalue weighted by atomic mass is 28.4. The molecule has 1 rings (SSSR count). The Morgan fingerprint density at radius 2 is 1.68 bits per heavy atom. The molecule has 0 N–H and O–H groups in total. The van der Waals surface area contributed by atoms with Crippen LogP contribution < -0.4 is 4.74 Å². The van der Waals surface area contributed by atoms with Gasteiger partial charge in [0.05, 0.1) is 19.3 Å². The molecule has 1 aromatic carbocycles. The minimum Gasteiger partial charge on any atom is -0.494 e. The summed E-state index contributed by atoms with van der Waals surface area (Å²) in [7, 11) is -0.692. The number of ether oxygens (including phenoxy) is 2. The average molecular weight is 326 g/mol. The van der Waals surface area contributed by atoms with Crippen LogP contribution in [0.15, 0.2) is 24.3 Å². The van der Waals surface area contributed by atoms with Crippen LogP contribution in [0.3, 0.4) is 0 Å². The Bertz CT molecular complexity index is 440. The SMILES string of the molecule is CCO[Si](C)(CCCOc1ccc(C(=O)OC)cc1)OCC. The molecule has 6 heteroatoms. The molecule has 0 atom stereocenters. The largest absolute Gasteiger partial charge is 0.494 e. The van der Waals surface area contributed by atoms with Crippen LogP contribution in [0.4, 0.5) is 0 Å². The standard InChI is InChI=1S/C16H26O5Si/c1-5-20-22(4,21-6-2)13-7-12-19-15-10-8-14(9-11-15)16(17)18-3/h8-11H,5-7,12-13H2,1-4H3. The van der Waals surface area contributed by atoms with Gasteiger partial charge in [-0.25, -0.2) is 4.79 Å². The van der Waals surface area contributed by atoms with E-state index in [-0.39, 0.29) is 5.97 Å². The predicted molar refractivity (Wildman–Crippen MR) is 87.6 cm³/mol. The molecule has 0 unspecified atom stereocenters. The van der Waals surface area contributed by atoms with Crippen molar-refractivity contribution in [3.63, 3.8) is 0 Å². The van der Waals surface area contributed by atoms with Gasteiger partial charge in [-0.1, -0.05) is 0 Å². The van der Waals surface area contributed by atoms with Crippen LogP contribution in [0, 0.1) is 0 Å². The van der Waals surface area contributed by atoms with Gasteiger partial charge < -0.3 is 18.3 Å². The number of methoxy groups -OCH3 is 1. The Kier molecular flexibility index (Phi) is 8.15. The van der Waals surface area contributed by atoms with Gasteiger partial charge in [0.1, 0.15) is 5.75 Å². The minimum absolute atomic E-state index is 0.346. The minimum atomic E-state index is -2.06. The van der Waals surface area contributed by atoms with E-state index in [1.165, 1.54) is 7.11 Å². The number of rotatable bonds is 10. The lowest BCUT2D eigenvalue weighted by Gasteiger charge is -2.25. The van der Waals surface area contributed by atoms with E-state index in [9.17, 15) is 4.79 Å². The van der Waals surface area contributed by atoms with Gasteiger partial charge in [-0.2, -0.15) is 0 Å². The van der Waals surface area contributed by atoms with E-state index < -0.39 is 8.56 Å². The summed E-state index contributed by atoms with van der Waals surface area (Å²) in [5.41, 5.74) is 0.516. The Hall–Kier alpha value is -1.37. The van der Waals surface area contributed by atoms with E-state index in [0.29, 0.717) is 25.4 Å². The van der Waals surface area contributed by atoms with Gasteiger partial charge >= 0.3 is 14.5 Å². The molecule has 0 bridgehead atoms. The van der Waals surface area contributed by atoms with Gasteiger partial charge in [-0.15, -0.1) is 0 Å². The fourth-order valence-electron chi connectivity index (χ4n) is 2.19. The molecule has 0 heterocycles. The summed E-state index contributed by atoms with van der Waals surface area (Å²) in [5, 5.41) is 0. The Balaban J connectivity index is 2.39. The number of benzene rings is 1. The van der Waals surface area contributed by atoms with Crippen LogP contribution in [0.25, 0.3) is 0 Å². The smallest absolute Gasteiger partial charge is 0.337 e. The van der Waals surface area contributed by atoms with E-state index in [1.54, 1.807) is 24.3 Å². The average Bonchev–Trinajstić information content (AvgIpc) is 2.52. The topological polar surface area (TPSA) is 54.0 Å². The maximum absolute atomic E-state index is 11.3. The van der Waals surface area contributed by atoms with Crippen LogP contribution in [0.2, 0.25) is 12.6 Å². The maximum Gasteiger partial charge on any atom is 0.337 e. The van der Waals surface area contributed by atoms with Crippen LogP contribution in [0.5, 0.6) is 5.75 Å². The fourth-order valence-corrected chi connectivity index (χ4v) is 4.56. The van der Waals surface area contributed by atoms with Crippen molar-refractivity contribution in [3.8, 4) is 5.75 Å². The first-order chi connectivity index (χ1) is 10.5. The molecule has 0 fully saturated rings. The third kappa shape index (κ3) is 6.17. The fraction of sp³-hybridized carbons (Fsp3) is 0.562. The van der Waals surface area contributed by atoms with Crippen molar-refractivity contribution < 1.29 is 23.1 Å². The van der Waals surface area contributed by atoms with E-state index in [4.69, 9.17) is 13.6 Å². The molecular formula is C16H26O5Si. The van der Waals surface area contributed by atoms with Gasteiger partial charge in [0.15, 0.2) is 0 Å². The Labute approximate surface area is 133 Å². The summed E-state index contributed by atoms with van der Waals surface area (Å²) in [6, 6.07) is 7.83. The lowest BCUT2D eigenvalue weighted by Crippen LogP contribution is -2.38. The van der Waals surface area contributed by atoms with Crippen molar-refractivity contribution in [2.45, 2.75) is 32.9 Å². The number of carbonyl (C=O) groups is 1. The second-order valence-corrected chi connectivity index (χ2v) is 8.31. The normalized spacial score (nSPS) is 11.3. The van der Waals surface area contributed by atoms with Crippen LogP contribution in [-0.4, -0.2) is 41.5 Å². The number of esters is 1. The highest BCUT2D eigenvalue weighted by molar-refractivity contribution is 6.66. The van der Waals surface area contributed by atoms with Crippen molar-refractivity contribution in [2.75, 3.05) is 26.9 Å². The first-order valence-electron chi connectivity index (χ1n) is 7.63. The molecule has 0 aliphatic carbocycles. The maximum atomic E-state index is 11.3. The predicted octanol–water partition coefficient (Wildman–Crippen LogP) is 3.39. The zero-order valence-corrected chi connectivity index (χ0v) is 14.9. The summed E-state index contributed by atoms with van der Waals surface area (Å²) >= 11 is 0. The Morgan fingerprint density at radius 1 is 1.09 bits per heavy atom. The van der Waals surface area contributed by atoms with Crippen molar-refractivity contribution in [2.24, 2.45) is 0 Å². The van der Waals surface area contributed by atoms with Gasteiger partial charge in [0.2, 0.25) is 0 Å². The molecule has 5 nitrogen and oxygen atoms in total. The summed E-state index contributed by atoms with van der Waals surface area (Å²) in [4.78, 5) is 11.3. The molecule has 0 aromatic heterocycles. The summed E-state index contributed by atoms with van der Waals surface area (Å²) in [6.07, 6.45) is 0.876. The molecule has 124 valence electrons. The van der Waals surface area contributed by atoms with Gasteiger partial charge in [0, 0.05) is 13.2 Å². The summed E-state index contributed by atoms with van der Waals surface area (Å²) in [5.74, 6) is 0.394. The number of hydrogen-bond donors (Lipinski definition) is 0. The highest BCUT2D eigenvalue weighted by Crippen LogP contribution is 2.17. The van der Waals surface area contributed by atoms with E-state index in [1.807, 2.05) is 13.8 Å². The lowest BCUT2D eigenvalue weighted by atomic mass is 10.2. The molecule has 0 spiro atoms. The van der Waals surface area contributed by atoms with Crippen molar-refractivity contribution in [1.82, 2.24) is 0 Å². The van der Waals surface area contributed by atoms with Crippen LogP contribution in [0.1, 0.15) is 30.6 Å². The van der Waals surface area contributed by atoms with Gasteiger partial charge in [0.25, 0.3) is 0 Å². The van der Waals surface area contributed by atoms with Crippen LogP contribution >= 0.6 is 0 Å². The quantitative estimate of drug-likeness (QED) is 0.375. The molecule has 1 aromatic rings. The number of carbonyl (C=O) groups excluding carboxylic acids is 1. The summed E-state index contributed by atoms with van der Waals surface area (Å²) in [6.45, 7) is 8.02. The molecule has 0 aliphatic heterocycles. The molecule has 0 saturated carbocycles. The second kappa shape index (κ2) is 9.60. The zero-order valence-electron chi connectivity index (χ0n) is 13.9. The van der Waals surface area contributed by atoms with Crippen LogP contribution in [-0.2, 0) is 13.6 Å². The molecule has 0 saturated heterocycles. The lowest BCUT2D eigenvalue weighted by molar-refractivity contribution is 0.0600. The number of hydrogen-bond acceptors (Lipinski definition) is 5. The molecule has 0 aliphatic rings. The molecular weight excluding hydrogens is 300 g/mol. The van der Waals surface area contributed by atoms with Gasteiger partial charge in [-0.05, 0) is 57.1 Å². The third-order valence-corrected chi connectivity index (χ3v) is 6.28. The third-order valence-electron chi connectivity index (χ3n) is 3.22. The van der Waals surface area contributed by atoms with Crippen molar-refractivity contribution >= 4 is 14.5 Å². The first kappa shape index (κ1) is 18.7. The van der Waals surface area contributed by atoms with Crippen molar-refractivity contribution in [3.05, 3.63) is 29.8 Å². The van der Waals surface area contributed by atoms with E-state index in [0.717, 1.165) is 18.2 Å². The molecule has 0 amide bonds. The second-order valence-electron chi connectivity index (χ2n) is 4.97. The highest BCUT2D eigenvalue weighted by Gasteiger charge is 2.29. The van der Waals surface area contributed by atoms with Gasteiger partial charge in [-0.3, -0.25) is 0 Å². The Morgan fingerprint density at radius 3 is 2.18 bits per heavy atom. The zero-order chi connectivity index (χ0) is 16.4. The molecule has 22 heavy (non-hydrogen) atoms. The molecule has 0 radical (unpaired) electrons.